The van der Waals surface area contributed by atoms with E-state index in [1.807, 2.05) is 6.07 Å². The first-order valence-electron chi connectivity index (χ1n) is 4.96. The normalized spacial score (nSPS) is 9.59. The van der Waals surface area contributed by atoms with Crippen LogP contribution in [0, 0.1) is 11.3 Å². The van der Waals surface area contributed by atoms with E-state index in [0.717, 1.165) is 5.56 Å². The number of rotatable bonds is 5. The molecule has 0 aliphatic heterocycles. The van der Waals surface area contributed by atoms with E-state index in [1.54, 1.807) is 36.4 Å². The van der Waals surface area contributed by atoms with Gasteiger partial charge in [0.1, 0.15) is 0 Å². The Bertz CT molecular complexity index is 522. The van der Waals surface area contributed by atoms with E-state index in [4.69, 9.17) is 10.8 Å². The van der Waals surface area contributed by atoms with E-state index >= 15 is 0 Å². The van der Waals surface area contributed by atoms with Crippen LogP contribution in [0.3, 0.4) is 0 Å². The molecule has 84 valence electrons. The van der Waals surface area contributed by atoms with Gasteiger partial charge >= 0.3 is 0 Å². The molecule has 0 unspecified atom stereocenters. The lowest BCUT2D eigenvalue weighted by Crippen LogP contribution is -1.99. The highest BCUT2D eigenvalue weighted by molar-refractivity contribution is 6.00. The van der Waals surface area contributed by atoms with Crippen molar-refractivity contribution < 1.29 is 4.79 Å². The summed E-state index contributed by atoms with van der Waals surface area (Å²) < 4.78 is 0. The van der Waals surface area contributed by atoms with Crippen molar-refractivity contribution in [1.82, 2.24) is 0 Å². The molecule has 0 N–H and O–H groups in total. The van der Waals surface area contributed by atoms with E-state index in [9.17, 15) is 4.79 Å². The molecule has 17 heavy (non-hydrogen) atoms. The molecule has 5 heteroatoms. The molecule has 0 saturated heterocycles. The zero-order valence-electron chi connectivity index (χ0n) is 9.08. The molecule has 1 rings (SSSR count). The fraction of sp³-hybridized carbons (Fsp3) is 0.167. The third-order valence-electron chi connectivity index (χ3n) is 2.05. The van der Waals surface area contributed by atoms with Crippen LogP contribution in [-0.4, -0.2) is 12.3 Å². The van der Waals surface area contributed by atoms with Crippen LogP contribution in [0.25, 0.3) is 16.5 Å². The number of Topliss-reactive ketones (excluding diaryl/α,β-unsaturated/α-hetero) is 1. The highest BCUT2D eigenvalue weighted by Crippen LogP contribution is 2.12. The van der Waals surface area contributed by atoms with E-state index in [-0.39, 0.29) is 18.7 Å². The Morgan fingerprint density at radius 1 is 1.53 bits per heavy atom. The summed E-state index contributed by atoms with van der Waals surface area (Å²) in [5.41, 5.74) is 9.34. The standard InChI is InChI=1S/C12H10N4O/c13-8-7-12(17)11-6-2-1-4-10(11)5-3-9-15-16-14/h1-6H,7,9H2. The molecule has 0 aliphatic rings. The van der Waals surface area contributed by atoms with Crippen LogP contribution in [0.5, 0.6) is 0 Å². The smallest absolute Gasteiger partial charge is 0.177 e. The third-order valence-corrected chi connectivity index (χ3v) is 2.05. The maximum Gasteiger partial charge on any atom is 0.177 e. The van der Waals surface area contributed by atoms with Gasteiger partial charge in [-0.15, -0.1) is 0 Å². The van der Waals surface area contributed by atoms with Crippen molar-refractivity contribution in [3.05, 3.63) is 51.9 Å². The van der Waals surface area contributed by atoms with E-state index in [2.05, 4.69) is 10.0 Å². The molecule has 0 amide bonds. The van der Waals surface area contributed by atoms with Gasteiger partial charge in [0.2, 0.25) is 0 Å². The first-order chi connectivity index (χ1) is 8.29. The van der Waals surface area contributed by atoms with Gasteiger partial charge in [-0.05, 0) is 11.1 Å². The quantitative estimate of drug-likeness (QED) is 0.334. The van der Waals surface area contributed by atoms with Crippen molar-refractivity contribution in [2.45, 2.75) is 6.42 Å². The molecule has 0 radical (unpaired) electrons. The van der Waals surface area contributed by atoms with Gasteiger partial charge in [-0.25, -0.2) is 0 Å². The van der Waals surface area contributed by atoms with Gasteiger partial charge in [0.25, 0.3) is 0 Å². The summed E-state index contributed by atoms with van der Waals surface area (Å²) in [6.45, 7) is 0.233. The van der Waals surface area contributed by atoms with Gasteiger partial charge in [0.15, 0.2) is 5.78 Å². The number of nitriles is 1. The molecular formula is C12H10N4O. The van der Waals surface area contributed by atoms with Crippen LogP contribution in [0.2, 0.25) is 0 Å². The first-order valence-corrected chi connectivity index (χ1v) is 4.96. The predicted molar refractivity (Wildman–Crippen MR) is 64.0 cm³/mol. The Balaban J connectivity index is 2.92. The summed E-state index contributed by atoms with van der Waals surface area (Å²) in [5, 5.41) is 11.8. The van der Waals surface area contributed by atoms with Gasteiger partial charge in [0, 0.05) is 17.0 Å². The maximum absolute atomic E-state index is 11.6. The molecule has 0 bridgehead atoms. The zero-order valence-corrected chi connectivity index (χ0v) is 9.08. The van der Waals surface area contributed by atoms with Crippen molar-refractivity contribution in [2.75, 3.05) is 6.54 Å². The average Bonchev–Trinajstić information content (AvgIpc) is 2.35. The Morgan fingerprint density at radius 2 is 2.29 bits per heavy atom. The molecule has 0 saturated carbocycles. The van der Waals surface area contributed by atoms with Crippen molar-refractivity contribution in [1.29, 1.82) is 5.26 Å². The molecule has 0 fully saturated rings. The monoisotopic (exact) mass is 226 g/mol. The number of azide groups is 1. The second-order valence-corrected chi connectivity index (χ2v) is 3.16. The molecular weight excluding hydrogens is 216 g/mol. The summed E-state index contributed by atoms with van der Waals surface area (Å²) in [6.07, 6.45) is 3.23. The number of ketones is 1. The van der Waals surface area contributed by atoms with E-state index in [1.165, 1.54) is 0 Å². The summed E-state index contributed by atoms with van der Waals surface area (Å²) in [5.74, 6) is -0.212. The number of carbonyl (C=O) groups is 1. The zero-order chi connectivity index (χ0) is 12.5. The van der Waals surface area contributed by atoms with Gasteiger partial charge in [-0.3, -0.25) is 4.79 Å². The van der Waals surface area contributed by atoms with Crippen molar-refractivity contribution in [2.24, 2.45) is 5.11 Å². The van der Waals surface area contributed by atoms with Crippen LogP contribution in [0.15, 0.2) is 35.5 Å². The minimum absolute atomic E-state index is 0.138. The van der Waals surface area contributed by atoms with E-state index in [0.29, 0.717) is 5.56 Å². The Kier molecular flexibility index (Phi) is 5.02. The van der Waals surface area contributed by atoms with E-state index < -0.39 is 0 Å². The summed E-state index contributed by atoms with van der Waals surface area (Å²) >= 11 is 0. The number of nitrogens with zero attached hydrogens (tertiary/aromatic N) is 4. The Morgan fingerprint density at radius 3 is 3.00 bits per heavy atom. The van der Waals surface area contributed by atoms with Crippen LogP contribution >= 0.6 is 0 Å². The fourth-order valence-corrected chi connectivity index (χ4v) is 1.33. The average molecular weight is 226 g/mol. The van der Waals surface area contributed by atoms with Crippen LogP contribution in [-0.2, 0) is 0 Å². The lowest BCUT2D eigenvalue weighted by Gasteiger charge is -2.01. The number of hydrogen-bond donors (Lipinski definition) is 0. The topological polar surface area (TPSA) is 89.6 Å². The number of carbonyl (C=O) groups excluding carboxylic acids is 1. The third kappa shape index (κ3) is 3.82. The van der Waals surface area contributed by atoms with Crippen molar-refractivity contribution in [3.63, 3.8) is 0 Å². The predicted octanol–water partition coefficient (Wildman–Crippen LogP) is 3.11. The van der Waals surface area contributed by atoms with Gasteiger partial charge in [-0.2, -0.15) is 5.26 Å². The molecule has 0 atom stereocenters. The van der Waals surface area contributed by atoms with Gasteiger partial charge < -0.3 is 0 Å². The minimum atomic E-state index is -0.212. The van der Waals surface area contributed by atoms with Gasteiger partial charge in [0.05, 0.1) is 12.5 Å². The van der Waals surface area contributed by atoms with Crippen LogP contribution in [0.1, 0.15) is 22.3 Å². The Labute approximate surface area is 98.6 Å². The van der Waals surface area contributed by atoms with Crippen molar-refractivity contribution >= 4 is 11.9 Å². The first kappa shape index (κ1) is 12.5. The molecule has 5 nitrogen and oxygen atoms in total. The summed E-state index contributed by atoms with van der Waals surface area (Å²) in [4.78, 5) is 14.2. The minimum Gasteiger partial charge on any atom is -0.293 e. The largest absolute Gasteiger partial charge is 0.293 e. The highest BCUT2D eigenvalue weighted by Gasteiger charge is 2.07. The second kappa shape index (κ2) is 6.83. The molecule has 0 aliphatic carbocycles. The van der Waals surface area contributed by atoms with Crippen LogP contribution in [0.4, 0.5) is 0 Å². The number of hydrogen-bond acceptors (Lipinski definition) is 3. The molecule has 1 aromatic carbocycles. The Hall–Kier alpha value is -2.57. The van der Waals surface area contributed by atoms with Crippen LogP contribution < -0.4 is 0 Å². The molecule has 0 aromatic heterocycles. The lowest BCUT2D eigenvalue weighted by atomic mass is 10.0. The lowest BCUT2D eigenvalue weighted by molar-refractivity contribution is 0.0997. The molecule has 0 spiro atoms. The molecule has 1 aromatic rings. The second-order valence-electron chi connectivity index (χ2n) is 3.16. The van der Waals surface area contributed by atoms with Crippen molar-refractivity contribution in [3.8, 4) is 6.07 Å². The maximum atomic E-state index is 11.6. The summed E-state index contributed by atoms with van der Waals surface area (Å²) in [6, 6.07) is 8.83. The van der Waals surface area contributed by atoms with Gasteiger partial charge in [-0.1, -0.05) is 41.5 Å². The fourth-order valence-electron chi connectivity index (χ4n) is 1.33. The highest BCUT2D eigenvalue weighted by atomic mass is 16.1. The SMILES string of the molecule is N#CCC(=O)c1ccccc1C=CCN=[N+]=[N-]. The number of benzene rings is 1. The summed E-state index contributed by atoms with van der Waals surface area (Å²) in [7, 11) is 0. The molecule has 0 heterocycles.